The van der Waals surface area contributed by atoms with Crippen LogP contribution in [0.2, 0.25) is 0 Å². The molecule has 0 spiro atoms. The average molecular weight is 296 g/mol. The lowest BCUT2D eigenvalue weighted by Crippen LogP contribution is -2.46. The lowest BCUT2D eigenvalue weighted by Gasteiger charge is -2.36. The van der Waals surface area contributed by atoms with E-state index < -0.39 is 0 Å². The molecule has 2 heterocycles. The number of nitrogens with zero attached hydrogens (tertiary/aromatic N) is 4. The smallest absolute Gasteiger partial charge is 0.0759 e. The van der Waals surface area contributed by atoms with Gasteiger partial charge in [0, 0.05) is 38.4 Å². The van der Waals surface area contributed by atoms with Crippen molar-refractivity contribution in [1.29, 1.82) is 0 Å². The van der Waals surface area contributed by atoms with E-state index >= 15 is 0 Å². The van der Waals surface area contributed by atoms with Gasteiger partial charge in [0.1, 0.15) is 0 Å². The van der Waals surface area contributed by atoms with E-state index in [0.29, 0.717) is 0 Å². The first kappa shape index (κ1) is 15.0. The van der Waals surface area contributed by atoms with Crippen LogP contribution in [0.25, 0.3) is 0 Å². The zero-order valence-corrected chi connectivity index (χ0v) is 13.7. The van der Waals surface area contributed by atoms with Gasteiger partial charge >= 0.3 is 0 Å². The molecule has 0 unspecified atom stereocenters. The van der Waals surface area contributed by atoms with Crippen LogP contribution in [0.3, 0.4) is 0 Å². The zero-order valence-electron chi connectivity index (χ0n) is 13.7. The maximum Gasteiger partial charge on any atom is 0.0759 e. The topological polar surface area (TPSA) is 32.3 Å². The molecule has 0 aliphatic carbocycles. The lowest BCUT2D eigenvalue weighted by molar-refractivity contribution is 0.246. The van der Waals surface area contributed by atoms with Crippen molar-refractivity contribution in [2.75, 3.05) is 31.1 Å². The summed E-state index contributed by atoms with van der Waals surface area (Å²) in [5, 5.41) is 0. The Labute approximate surface area is 132 Å². The third-order valence-corrected chi connectivity index (χ3v) is 4.45. The summed E-state index contributed by atoms with van der Waals surface area (Å²) in [7, 11) is 0. The van der Waals surface area contributed by atoms with Gasteiger partial charge in [-0.15, -0.1) is 0 Å². The first-order chi connectivity index (χ1) is 10.6. The van der Waals surface area contributed by atoms with Crippen molar-refractivity contribution in [3.05, 3.63) is 53.1 Å². The van der Waals surface area contributed by atoms with E-state index in [2.05, 4.69) is 52.0 Å². The van der Waals surface area contributed by atoms with Crippen LogP contribution in [-0.2, 0) is 6.54 Å². The second-order valence-corrected chi connectivity index (χ2v) is 6.03. The van der Waals surface area contributed by atoms with E-state index in [9.17, 15) is 0 Å². The number of hydrogen-bond donors (Lipinski definition) is 0. The van der Waals surface area contributed by atoms with Gasteiger partial charge in [0.05, 0.1) is 22.8 Å². The van der Waals surface area contributed by atoms with Gasteiger partial charge in [0.2, 0.25) is 0 Å². The molecule has 0 atom stereocenters. The highest BCUT2D eigenvalue weighted by Crippen LogP contribution is 2.17. The quantitative estimate of drug-likeness (QED) is 0.872. The fraction of sp³-hybridized carbons (Fsp3) is 0.444. The molecule has 0 bridgehead atoms. The maximum absolute atomic E-state index is 4.73. The Kier molecular flexibility index (Phi) is 4.39. The molecule has 22 heavy (non-hydrogen) atoms. The molecule has 1 aromatic carbocycles. The largest absolute Gasteiger partial charge is 0.369 e. The Morgan fingerprint density at radius 3 is 2.14 bits per heavy atom. The number of aryl methyl sites for hydroxylation is 3. The predicted molar refractivity (Wildman–Crippen MR) is 90.2 cm³/mol. The average Bonchev–Trinajstić information content (AvgIpc) is 2.54. The molecule has 3 rings (SSSR count). The standard InChI is InChI=1S/C18H24N4/c1-14-15(2)20-18(16(3)19-14)13-21-9-11-22(12-10-21)17-7-5-4-6-8-17/h4-8H,9-13H2,1-3H3. The Morgan fingerprint density at radius 1 is 0.818 bits per heavy atom. The lowest BCUT2D eigenvalue weighted by atomic mass is 10.2. The third kappa shape index (κ3) is 3.28. The number of anilines is 1. The molecule has 0 N–H and O–H groups in total. The van der Waals surface area contributed by atoms with Gasteiger partial charge in [0.25, 0.3) is 0 Å². The fourth-order valence-electron chi connectivity index (χ4n) is 2.93. The van der Waals surface area contributed by atoms with Gasteiger partial charge in [-0.05, 0) is 32.9 Å². The van der Waals surface area contributed by atoms with Gasteiger partial charge < -0.3 is 4.90 Å². The van der Waals surface area contributed by atoms with Crippen LogP contribution in [0.1, 0.15) is 22.8 Å². The Hall–Kier alpha value is -1.94. The molecule has 0 saturated carbocycles. The van der Waals surface area contributed by atoms with E-state index in [1.807, 2.05) is 13.8 Å². The van der Waals surface area contributed by atoms with Gasteiger partial charge in [0.15, 0.2) is 0 Å². The predicted octanol–water partition coefficient (Wildman–Crippen LogP) is 2.72. The monoisotopic (exact) mass is 296 g/mol. The van der Waals surface area contributed by atoms with Crippen molar-refractivity contribution in [3.63, 3.8) is 0 Å². The van der Waals surface area contributed by atoms with E-state index in [4.69, 9.17) is 4.98 Å². The molecular formula is C18H24N4. The maximum atomic E-state index is 4.73. The van der Waals surface area contributed by atoms with Crippen LogP contribution >= 0.6 is 0 Å². The summed E-state index contributed by atoms with van der Waals surface area (Å²) in [6.07, 6.45) is 0. The van der Waals surface area contributed by atoms with Gasteiger partial charge in [-0.3, -0.25) is 14.9 Å². The summed E-state index contributed by atoms with van der Waals surface area (Å²) in [4.78, 5) is 14.3. The molecule has 0 amide bonds. The second kappa shape index (κ2) is 6.44. The van der Waals surface area contributed by atoms with E-state index in [1.165, 1.54) is 5.69 Å². The molecular weight excluding hydrogens is 272 g/mol. The highest BCUT2D eigenvalue weighted by Gasteiger charge is 2.18. The molecule has 1 fully saturated rings. The van der Waals surface area contributed by atoms with Gasteiger partial charge in [-0.2, -0.15) is 0 Å². The summed E-state index contributed by atoms with van der Waals surface area (Å²) in [6, 6.07) is 10.7. The highest BCUT2D eigenvalue weighted by molar-refractivity contribution is 5.46. The molecule has 1 aliphatic rings. The summed E-state index contributed by atoms with van der Waals surface area (Å²) in [5.74, 6) is 0. The molecule has 1 aromatic heterocycles. The summed E-state index contributed by atoms with van der Waals surface area (Å²) >= 11 is 0. The first-order valence-corrected chi connectivity index (χ1v) is 7.96. The molecule has 4 heteroatoms. The first-order valence-electron chi connectivity index (χ1n) is 7.96. The number of hydrogen-bond acceptors (Lipinski definition) is 4. The third-order valence-electron chi connectivity index (χ3n) is 4.45. The van der Waals surface area contributed by atoms with E-state index in [0.717, 1.165) is 55.5 Å². The van der Waals surface area contributed by atoms with Crippen molar-refractivity contribution in [3.8, 4) is 0 Å². The SMILES string of the molecule is Cc1nc(C)c(CN2CCN(c3ccccc3)CC2)nc1C. The minimum Gasteiger partial charge on any atom is -0.369 e. The number of aromatic nitrogens is 2. The van der Waals surface area contributed by atoms with Crippen LogP contribution in [0.15, 0.2) is 30.3 Å². The molecule has 2 aromatic rings. The highest BCUT2D eigenvalue weighted by atomic mass is 15.3. The van der Waals surface area contributed by atoms with Gasteiger partial charge in [-0.25, -0.2) is 0 Å². The summed E-state index contributed by atoms with van der Waals surface area (Å²) in [5.41, 5.74) is 5.59. The van der Waals surface area contributed by atoms with Crippen molar-refractivity contribution >= 4 is 5.69 Å². The molecule has 4 nitrogen and oxygen atoms in total. The second-order valence-electron chi connectivity index (χ2n) is 6.03. The van der Waals surface area contributed by atoms with Crippen molar-refractivity contribution in [1.82, 2.24) is 14.9 Å². The van der Waals surface area contributed by atoms with E-state index in [-0.39, 0.29) is 0 Å². The normalized spacial score (nSPS) is 16.0. The number of benzene rings is 1. The van der Waals surface area contributed by atoms with Crippen LogP contribution in [-0.4, -0.2) is 41.0 Å². The molecule has 116 valence electrons. The Bertz CT molecular complexity index is 631. The molecule has 1 aliphatic heterocycles. The summed E-state index contributed by atoms with van der Waals surface area (Å²) in [6.45, 7) is 11.3. The van der Waals surface area contributed by atoms with Crippen molar-refractivity contribution in [2.24, 2.45) is 0 Å². The fourth-order valence-corrected chi connectivity index (χ4v) is 2.93. The minimum absolute atomic E-state index is 0.905. The van der Waals surface area contributed by atoms with Crippen LogP contribution in [0, 0.1) is 20.8 Å². The van der Waals surface area contributed by atoms with Crippen LogP contribution in [0.5, 0.6) is 0 Å². The van der Waals surface area contributed by atoms with Crippen LogP contribution < -0.4 is 4.90 Å². The van der Waals surface area contributed by atoms with Crippen LogP contribution in [0.4, 0.5) is 5.69 Å². The minimum atomic E-state index is 0.905. The summed E-state index contributed by atoms with van der Waals surface area (Å²) < 4.78 is 0. The van der Waals surface area contributed by atoms with Crippen molar-refractivity contribution in [2.45, 2.75) is 27.3 Å². The molecule has 0 radical (unpaired) electrons. The number of piperazine rings is 1. The van der Waals surface area contributed by atoms with E-state index in [1.54, 1.807) is 0 Å². The number of rotatable bonds is 3. The molecule has 1 saturated heterocycles. The van der Waals surface area contributed by atoms with Crippen molar-refractivity contribution < 1.29 is 0 Å². The Morgan fingerprint density at radius 2 is 1.45 bits per heavy atom. The van der Waals surface area contributed by atoms with Gasteiger partial charge in [-0.1, -0.05) is 18.2 Å². The number of para-hydroxylation sites is 1. The Balaban J connectivity index is 1.62. The zero-order chi connectivity index (χ0) is 15.5.